The van der Waals surface area contributed by atoms with E-state index in [9.17, 15) is 9.59 Å². The third-order valence-electron chi connectivity index (χ3n) is 3.54. The van der Waals surface area contributed by atoms with Gasteiger partial charge in [0.15, 0.2) is 0 Å². The summed E-state index contributed by atoms with van der Waals surface area (Å²) in [4.78, 5) is 22.5. The molecule has 0 heterocycles. The number of hydrogen-bond acceptors (Lipinski definition) is 2. The monoisotopic (exact) mass is 210 g/mol. The molecular formula is C11H18N2O2. The van der Waals surface area contributed by atoms with Crippen molar-refractivity contribution >= 4 is 11.8 Å². The number of amides is 2. The van der Waals surface area contributed by atoms with Crippen molar-refractivity contribution in [2.75, 3.05) is 13.6 Å². The van der Waals surface area contributed by atoms with Crippen LogP contribution in [0.3, 0.4) is 0 Å². The van der Waals surface area contributed by atoms with E-state index in [0.717, 1.165) is 24.7 Å². The van der Waals surface area contributed by atoms with Crippen molar-refractivity contribution < 1.29 is 9.59 Å². The molecule has 0 aromatic rings. The summed E-state index contributed by atoms with van der Waals surface area (Å²) in [5.41, 5.74) is 0. The van der Waals surface area contributed by atoms with Gasteiger partial charge in [0.2, 0.25) is 11.8 Å². The lowest BCUT2D eigenvalue weighted by molar-refractivity contribution is -0.125. The Kier molecular flexibility index (Phi) is 2.93. The van der Waals surface area contributed by atoms with Gasteiger partial charge in [-0.25, -0.2) is 0 Å². The molecule has 2 N–H and O–H groups in total. The molecule has 84 valence electrons. The molecule has 2 rings (SSSR count). The van der Waals surface area contributed by atoms with Gasteiger partial charge in [0.25, 0.3) is 0 Å². The van der Waals surface area contributed by atoms with Gasteiger partial charge in [-0.2, -0.15) is 0 Å². The fraction of sp³-hybridized carbons (Fsp3) is 0.818. The van der Waals surface area contributed by atoms with Crippen LogP contribution in [0.15, 0.2) is 0 Å². The molecule has 2 aliphatic rings. The zero-order valence-corrected chi connectivity index (χ0v) is 9.08. The lowest BCUT2D eigenvalue weighted by Crippen LogP contribution is -2.33. The smallest absolute Gasteiger partial charge is 0.223 e. The number of carbonyl (C=O) groups is 2. The molecule has 0 aromatic heterocycles. The molecule has 4 heteroatoms. The van der Waals surface area contributed by atoms with E-state index in [1.807, 2.05) is 0 Å². The molecule has 2 aliphatic carbocycles. The van der Waals surface area contributed by atoms with Crippen LogP contribution < -0.4 is 10.6 Å². The molecule has 4 nitrogen and oxygen atoms in total. The molecule has 2 saturated carbocycles. The quantitative estimate of drug-likeness (QED) is 0.700. The van der Waals surface area contributed by atoms with Gasteiger partial charge in [0.05, 0.1) is 0 Å². The Hall–Kier alpha value is -1.06. The maximum atomic E-state index is 11.6. The van der Waals surface area contributed by atoms with E-state index in [0.29, 0.717) is 13.0 Å². The van der Waals surface area contributed by atoms with Crippen LogP contribution in [0.25, 0.3) is 0 Å². The first-order chi connectivity index (χ1) is 7.20. The van der Waals surface area contributed by atoms with Crippen LogP contribution in [-0.4, -0.2) is 25.4 Å². The zero-order valence-electron chi connectivity index (χ0n) is 9.08. The molecule has 2 unspecified atom stereocenters. The lowest BCUT2D eigenvalue weighted by atomic mass is 10.0. The van der Waals surface area contributed by atoms with Gasteiger partial charge in [-0.1, -0.05) is 0 Å². The first kappa shape index (κ1) is 10.5. The van der Waals surface area contributed by atoms with E-state index in [2.05, 4.69) is 10.6 Å². The summed E-state index contributed by atoms with van der Waals surface area (Å²) < 4.78 is 0. The van der Waals surface area contributed by atoms with Crippen molar-refractivity contribution in [3.63, 3.8) is 0 Å². The van der Waals surface area contributed by atoms with Crippen molar-refractivity contribution in [2.24, 2.45) is 17.8 Å². The molecule has 0 aromatic carbocycles. The second kappa shape index (κ2) is 4.21. The summed E-state index contributed by atoms with van der Waals surface area (Å²) in [6.07, 6.45) is 3.84. The minimum atomic E-state index is -0.0235. The van der Waals surface area contributed by atoms with Crippen molar-refractivity contribution in [3.05, 3.63) is 0 Å². The maximum absolute atomic E-state index is 11.6. The summed E-state index contributed by atoms with van der Waals surface area (Å²) in [5.74, 6) is 2.01. The van der Waals surface area contributed by atoms with E-state index < -0.39 is 0 Å². The standard InChI is InChI=1S/C11H18N2O2/c1-12-10(14)2-3-13-11(15)9-5-7-4-8(7)6-9/h7-9H,2-6H2,1H3,(H,12,14)(H,13,15). The minimum Gasteiger partial charge on any atom is -0.359 e. The predicted molar refractivity (Wildman–Crippen MR) is 56.0 cm³/mol. The van der Waals surface area contributed by atoms with Crippen LogP contribution in [-0.2, 0) is 9.59 Å². The predicted octanol–water partition coefficient (Wildman–Crippen LogP) is 0.285. The van der Waals surface area contributed by atoms with Crippen LogP contribution in [0.4, 0.5) is 0 Å². The Labute approximate surface area is 89.8 Å². The summed E-state index contributed by atoms with van der Waals surface area (Å²) in [6, 6.07) is 0. The number of hydrogen-bond donors (Lipinski definition) is 2. The molecule has 15 heavy (non-hydrogen) atoms. The molecule has 2 fully saturated rings. The normalized spacial score (nSPS) is 31.9. The van der Waals surface area contributed by atoms with Gasteiger partial charge in [-0.05, 0) is 31.1 Å². The number of fused-ring (bicyclic) bond motifs is 1. The van der Waals surface area contributed by atoms with Crippen molar-refractivity contribution in [1.29, 1.82) is 0 Å². The van der Waals surface area contributed by atoms with E-state index in [-0.39, 0.29) is 17.7 Å². The minimum absolute atomic E-state index is 0.0235. The maximum Gasteiger partial charge on any atom is 0.223 e. The van der Waals surface area contributed by atoms with Gasteiger partial charge >= 0.3 is 0 Å². The van der Waals surface area contributed by atoms with Crippen LogP contribution >= 0.6 is 0 Å². The lowest BCUT2D eigenvalue weighted by Gasteiger charge is -2.11. The molecule has 2 atom stereocenters. The Morgan fingerprint density at radius 2 is 1.87 bits per heavy atom. The second-order valence-corrected chi connectivity index (χ2v) is 4.64. The molecule has 0 bridgehead atoms. The molecule has 0 aliphatic heterocycles. The average Bonchev–Trinajstić information content (AvgIpc) is 2.85. The highest BCUT2D eigenvalue weighted by Crippen LogP contribution is 2.54. The Balaban J connectivity index is 1.62. The second-order valence-electron chi connectivity index (χ2n) is 4.64. The van der Waals surface area contributed by atoms with E-state index in [1.54, 1.807) is 7.05 Å². The van der Waals surface area contributed by atoms with Gasteiger partial charge < -0.3 is 10.6 Å². The van der Waals surface area contributed by atoms with Gasteiger partial charge in [-0.15, -0.1) is 0 Å². The van der Waals surface area contributed by atoms with Gasteiger partial charge in [0.1, 0.15) is 0 Å². The Morgan fingerprint density at radius 3 is 2.47 bits per heavy atom. The largest absolute Gasteiger partial charge is 0.359 e. The number of nitrogens with one attached hydrogen (secondary N) is 2. The fourth-order valence-corrected chi connectivity index (χ4v) is 2.50. The summed E-state index contributed by atoms with van der Waals surface area (Å²) in [7, 11) is 1.61. The van der Waals surface area contributed by atoms with Crippen LogP contribution in [0.1, 0.15) is 25.7 Å². The first-order valence-corrected chi connectivity index (χ1v) is 5.69. The zero-order chi connectivity index (χ0) is 10.8. The number of carbonyl (C=O) groups excluding carboxylic acids is 2. The molecule has 0 radical (unpaired) electrons. The summed E-state index contributed by atoms with van der Waals surface area (Å²) in [6.45, 7) is 0.463. The van der Waals surface area contributed by atoms with Crippen LogP contribution in [0, 0.1) is 17.8 Å². The highest BCUT2D eigenvalue weighted by molar-refractivity contribution is 5.80. The third kappa shape index (κ3) is 2.49. The SMILES string of the molecule is CNC(=O)CCNC(=O)C1CC2CC2C1. The average molecular weight is 210 g/mol. The van der Waals surface area contributed by atoms with E-state index in [1.165, 1.54) is 6.42 Å². The van der Waals surface area contributed by atoms with Crippen molar-refractivity contribution in [1.82, 2.24) is 10.6 Å². The van der Waals surface area contributed by atoms with E-state index >= 15 is 0 Å². The molecule has 2 amide bonds. The summed E-state index contributed by atoms with van der Waals surface area (Å²) in [5, 5.41) is 5.36. The Morgan fingerprint density at radius 1 is 1.20 bits per heavy atom. The first-order valence-electron chi connectivity index (χ1n) is 5.69. The Bertz CT molecular complexity index is 268. The third-order valence-corrected chi connectivity index (χ3v) is 3.54. The van der Waals surface area contributed by atoms with Gasteiger partial charge in [0, 0.05) is 25.9 Å². The molecule has 0 saturated heterocycles. The topological polar surface area (TPSA) is 58.2 Å². The van der Waals surface area contributed by atoms with Crippen molar-refractivity contribution in [2.45, 2.75) is 25.7 Å². The fourth-order valence-electron chi connectivity index (χ4n) is 2.50. The molecule has 0 spiro atoms. The van der Waals surface area contributed by atoms with Crippen LogP contribution in [0.2, 0.25) is 0 Å². The van der Waals surface area contributed by atoms with Gasteiger partial charge in [-0.3, -0.25) is 9.59 Å². The van der Waals surface area contributed by atoms with Crippen molar-refractivity contribution in [3.8, 4) is 0 Å². The van der Waals surface area contributed by atoms with Crippen LogP contribution in [0.5, 0.6) is 0 Å². The number of rotatable bonds is 4. The molecular weight excluding hydrogens is 192 g/mol. The summed E-state index contributed by atoms with van der Waals surface area (Å²) >= 11 is 0. The highest BCUT2D eigenvalue weighted by Gasteiger charge is 2.47. The van der Waals surface area contributed by atoms with E-state index in [4.69, 9.17) is 0 Å². The highest BCUT2D eigenvalue weighted by atomic mass is 16.2.